The number of carbonyl (C=O) groups excluding carboxylic acids is 2. The Morgan fingerprint density at radius 2 is 1.50 bits per heavy atom. The van der Waals surface area contributed by atoms with Crippen LogP contribution >= 0.6 is 0 Å². The monoisotopic (exact) mass is 372 g/mol. The van der Waals surface area contributed by atoms with E-state index in [1.165, 1.54) is 0 Å². The third-order valence-corrected chi connectivity index (χ3v) is 4.57. The molecule has 0 spiro atoms. The average molecular weight is 372 g/mol. The third kappa shape index (κ3) is 5.07. The van der Waals surface area contributed by atoms with Gasteiger partial charge in [-0.25, -0.2) is 0 Å². The van der Waals surface area contributed by atoms with Crippen LogP contribution in [-0.2, 0) is 6.54 Å². The van der Waals surface area contributed by atoms with E-state index < -0.39 is 0 Å². The number of hydrogen-bond acceptors (Lipinski definition) is 2. The van der Waals surface area contributed by atoms with Crippen molar-refractivity contribution in [1.29, 1.82) is 0 Å². The summed E-state index contributed by atoms with van der Waals surface area (Å²) < 4.78 is 0. The lowest BCUT2D eigenvalue weighted by Gasteiger charge is -2.14. The highest BCUT2D eigenvalue weighted by Gasteiger charge is 2.13. The van der Waals surface area contributed by atoms with Gasteiger partial charge in [-0.05, 0) is 43.2 Å². The highest BCUT2D eigenvalue weighted by molar-refractivity contribution is 5.99. The molecule has 3 aromatic rings. The molecule has 4 nitrogen and oxygen atoms in total. The molecule has 0 saturated carbocycles. The first-order valence-electron chi connectivity index (χ1n) is 9.32. The number of hydrogen-bond donors (Lipinski definition) is 2. The van der Waals surface area contributed by atoms with Crippen LogP contribution in [0, 0.1) is 6.92 Å². The van der Waals surface area contributed by atoms with E-state index in [9.17, 15) is 9.59 Å². The summed E-state index contributed by atoms with van der Waals surface area (Å²) in [5, 5.41) is 5.88. The lowest BCUT2D eigenvalue weighted by Crippen LogP contribution is -2.27. The van der Waals surface area contributed by atoms with Gasteiger partial charge in [0.15, 0.2) is 0 Å². The Morgan fingerprint density at radius 1 is 0.821 bits per heavy atom. The van der Waals surface area contributed by atoms with Gasteiger partial charge in [0, 0.05) is 17.7 Å². The van der Waals surface area contributed by atoms with Crippen LogP contribution in [0.3, 0.4) is 0 Å². The molecule has 1 atom stereocenters. The molecule has 0 aromatic heterocycles. The van der Waals surface area contributed by atoms with Gasteiger partial charge < -0.3 is 10.6 Å². The first kappa shape index (κ1) is 19.4. The molecule has 0 fully saturated rings. The molecule has 0 bridgehead atoms. The minimum Gasteiger partial charge on any atom is -0.348 e. The first-order chi connectivity index (χ1) is 13.5. The molecule has 142 valence electrons. The van der Waals surface area contributed by atoms with E-state index in [0.717, 1.165) is 16.7 Å². The Balaban J connectivity index is 1.64. The van der Waals surface area contributed by atoms with Crippen molar-refractivity contribution >= 4 is 11.8 Å². The molecule has 2 amide bonds. The molecule has 0 heterocycles. The fraction of sp³-hybridized carbons (Fsp3) is 0.167. The molecule has 28 heavy (non-hydrogen) atoms. The van der Waals surface area contributed by atoms with Crippen molar-refractivity contribution in [3.8, 4) is 0 Å². The molecule has 0 saturated heterocycles. The van der Waals surface area contributed by atoms with Crippen LogP contribution in [0.4, 0.5) is 0 Å². The Labute approximate surface area is 165 Å². The lowest BCUT2D eigenvalue weighted by molar-refractivity contribution is 0.0940. The largest absolute Gasteiger partial charge is 0.348 e. The summed E-state index contributed by atoms with van der Waals surface area (Å²) >= 11 is 0. The highest BCUT2D eigenvalue weighted by Crippen LogP contribution is 2.13. The smallest absolute Gasteiger partial charge is 0.251 e. The van der Waals surface area contributed by atoms with Crippen molar-refractivity contribution in [2.24, 2.45) is 0 Å². The molecular formula is C24H24N2O2. The second kappa shape index (κ2) is 9.00. The quantitative estimate of drug-likeness (QED) is 0.673. The Morgan fingerprint density at radius 3 is 2.21 bits per heavy atom. The van der Waals surface area contributed by atoms with Crippen LogP contribution in [0.1, 0.15) is 50.4 Å². The summed E-state index contributed by atoms with van der Waals surface area (Å²) in [5.74, 6) is -0.406. The summed E-state index contributed by atoms with van der Waals surface area (Å²) in [6.45, 7) is 4.40. The first-order valence-corrected chi connectivity index (χ1v) is 9.32. The second-order valence-corrected chi connectivity index (χ2v) is 6.86. The number of amides is 2. The Bertz CT molecular complexity index is 967. The molecule has 0 aliphatic carbocycles. The van der Waals surface area contributed by atoms with Crippen molar-refractivity contribution in [2.45, 2.75) is 26.4 Å². The number of nitrogens with one attached hydrogen (secondary N) is 2. The number of carbonyl (C=O) groups is 2. The molecule has 0 aliphatic rings. The standard InChI is InChI=1S/C24H24N2O2/c1-17-8-6-9-19(14-17)16-25-23(27)21-12-7-13-22(15-21)24(28)26-18(2)20-10-4-3-5-11-20/h3-15,18H,16H2,1-2H3,(H,25,27)(H,26,28). The summed E-state index contributed by atoms with van der Waals surface area (Å²) in [5.41, 5.74) is 4.15. The van der Waals surface area contributed by atoms with E-state index >= 15 is 0 Å². The van der Waals surface area contributed by atoms with E-state index in [0.29, 0.717) is 17.7 Å². The topological polar surface area (TPSA) is 58.2 Å². The Kier molecular flexibility index (Phi) is 6.22. The van der Waals surface area contributed by atoms with Gasteiger partial charge in [0.1, 0.15) is 0 Å². The van der Waals surface area contributed by atoms with Gasteiger partial charge in [-0.15, -0.1) is 0 Å². The van der Waals surface area contributed by atoms with E-state index in [1.807, 2.05) is 68.4 Å². The van der Waals surface area contributed by atoms with Crippen molar-refractivity contribution in [3.05, 3.63) is 107 Å². The zero-order chi connectivity index (χ0) is 19.9. The third-order valence-electron chi connectivity index (χ3n) is 4.57. The van der Waals surface area contributed by atoms with Gasteiger partial charge in [0.2, 0.25) is 0 Å². The van der Waals surface area contributed by atoms with Crippen LogP contribution in [0.15, 0.2) is 78.9 Å². The number of benzene rings is 3. The predicted molar refractivity (Wildman–Crippen MR) is 111 cm³/mol. The normalized spacial score (nSPS) is 11.5. The molecule has 4 heteroatoms. The van der Waals surface area contributed by atoms with Crippen LogP contribution < -0.4 is 10.6 Å². The van der Waals surface area contributed by atoms with Crippen LogP contribution in [0.2, 0.25) is 0 Å². The summed E-state index contributed by atoms with van der Waals surface area (Å²) in [4.78, 5) is 25.1. The average Bonchev–Trinajstić information content (AvgIpc) is 2.72. The van der Waals surface area contributed by atoms with Gasteiger partial charge in [-0.1, -0.05) is 66.2 Å². The fourth-order valence-electron chi connectivity index (χ4n) is 3.01. The summed E-state index contributed by atoms with van der Waals surface area (Å²) in [6, 6.07) is 24.4. The molecule has 2 N–H and O–H groups in total. The van der Waals surface area contributed by atoms with Crippen molar-refractivity contribution in [3.63, 3.8) is 0 Å². The van der Waals surface area contributed by atoms with E-state index in [-0.39, 0.29) is 17.9 Å². The van der Waals surface area contributed by atoms with E-state index in [2.05, 4.69) is 10.6 Å². The highest BCUT2D eigenvalue weighted by atomic mass is 16.2. The predicted octanol–water partition coefficient (Wildman–Crippen LogP) is 4.42. The minimum atomic E-state index is -0.204. The van der Waals surface area contributed by atoms with Crippen LogP contribution in [0.5, 0.6) is 0 Å². The molecule has 1 unspecified atom stereocenters. The summed E-state index contributed by atoms with van der Waals surface area (Å²) in [7, 11) is 0. The zero-order valence-corrected chi connectivity index (χ0v) is 16.1. The van der Waals surface area contributed by atoms with Crippen LogP contribution in [-0.4, -0.2) is 11.8 Å². The molecule has 3 aromatic carbocycles. The maximum Gasteiger partial charge on any atom is 0.251 e. The van der Waals surface area contributed by atoms with Gasteiger partial charge >= 0.3 is 0 Å². The van der Waals surface area contributed by atoms with E-state index in [1.54, 1.807) is 24.3 Å². The van der Waals surface area contributed by atoms with Crippen molar-refractivity contribution < 1.29 is 9.59 Å². The Hall–Kier alpha value is -3.40. The zero-order valence-electron chi connectivity index (χ0n) is 16.1. The van der Waals surface area contributed by atoms with Gasteiger partial charge in [0.25, 0.3) is 11.8 Å². The fourth-order valence-corrected chi connectivity index (χ4v) is 3.01. The van der Waals surface area contributed by atoms with Gasteiger partial charge in [0.05, 0.1) is 6.04 Å². The SMILES string of the molecule is Cc1cccc(CNC(=O)c2cccc(C(=O)NC(C)c3ccccc3)c2)c1. The van der Waals surface area contributed by atoms with Crippen molar-refractivity contribution in [2.75, 3.05) is 0 Å². The molecule has 0 aliphatic heterocycles. The maximum atomic E-state index is 12.6. The second-order valence-electron chi connectivity index (χ2n) is 6.86. The van der Waals surface area contributed by atoms with Gasteiger partial charge in [-0.3, -0.25) is 9.59 Å². The maximum absolute atomic E-state index is 12.6. The van der Waals surface area contributed by atoms with Crippen LogP contribution in [0.25, 0.3) is 0 Å². The van der Waals surface area contributed by atoms with E-state index in [4.69, 9.17) is 0 Å². The number of aryl methyl sites for hydroxylation is 1. The molecule has 3 rings (SSSR count). The van der Waals surface area contributed by atoms with Crippen molar-refractivity contribution in [1.82, 2.24) is 10.6 Å². The lowest BCUT2D eigenvalue weighted by atomic mass is 10.1. The van der Waals surface area contributed by atoms with Gasteiger partial charge in [-0.2, -0.15) is 0 Å². The summed E-state index contributed by atoms with van der Waals surface area (Å²) in [6.07, 6.45) is 0. The number of rotatable bonds is 6. The minimum absolute atomic E-state index is 0.118. The molecular weight excluding hydrogens is 348 g/mol. The molecule has 0 radical (unpaired) electrons.